The number of likely N-dealkylation sites (N-methyl/N-ethyl adjacent to an activating group) is 1. The van der Waals surface area contributed by atoms with Crippen LogP contribution in [0.4, 0.5) is 5.69 Å². The van der Waals surface area contributed by atoms with Gasteiger partial charge in [0, 0.05) is 12.6 Å². The van der Waals surface area contributed by atoms with E-state index in [1.165, 1.54) is 11.3 Å². The molecular weight excluding hydrogens is 408 g/mol. The third-order valence-electron chi connectivity index (χ3n) is 4.24. The van der Waals surface area contributed by atoms with E-state index >= 15 is 0 Å². The second kappa shape index (κ2) is 9.58. The predicted molar refractivity (Wildman–Crippen MR) is 117 cm³/mol. The molecule has 0 aliphatic carbocycles. The highest BCUT2D eigenvalue weighted by Gasteiger charge is 2.15. The molecule has 2 amide bonds. The fraction of sp³-hybridized carbons (Fsp3) is 0.182. The SMILES string of the molecule is Cc1cccc(OCCN(C)C(=O)c2ccc(Cl)c(NC(=O)c3cccs3)c2)c1. The molecule has 1 heterocycles. The minimum absolute atomic E-state index is 0.180. The summed E-state index contributed by atoms with van der Waals surface area (Å²) >= 11 is 7.53. The number of nitrogens with one attached hydrogen (secondary N) is 1. The lowest BCUT2D eigenvalue weighted by Gasteiger charge is -2.18. The first kappa shape index (κ1) is 20.9. The van der Waals surface area contributed by atoms with Crippen LogP contribution in [0.3, 0.4) is 0 Å². The average molecular weight is 429 g/mol. The van der Waals surface area contributed by atoms with E-state index in [2.05, 4.69) is 5.32 Å². The summed E-state index contributed by atoms with van der Waals surface area (Å²) < 4.78 is 5.71. The van der Waals surface area contributed by atoms with Crippen LogP contribution >= 0.6 is 22.9 Å². The van der Waals surface area contributed by atoms with Gasteiger partial charge in [-0.1, -0.05) is 29.8 Å². The van der Waals surface area contributed by atoms with E-state index in [1.807, 2.05) is 36.6 Å². The highest BCUT2D eigenvalue weighted by Crippen LogP contribution is 2.25. The van der Waals surface area contributed by atoms with Crippen LogP contribution in [0.1, 0.15) is 25.6 Å². The summed E-state index contributed by atoms with van der Waals surface area (Å²) in [7, 11) is 1.71. The Morgan fingerprint density at radius 1 is 1.14 bits per heavy atom. The van der Waals surface area contributed by atoms with Crippen molar-refractivity contribution in [1.82, 2.24) is 4.90 Å². The van der Waals surface area contributed by atoms with E-state index in [4.69, 9.17) is 16.3 Å². The molecule has 0 spiro atoms. The van der Waals surface area contributed by atoms with E-state index < -0.39 is 0 Å². The van der Waals surface area contributed by atoms with E-state index in [0.29, 0.717) is 34.3 Å². The number of aryl methyl sites for hydroxylation is 1. The lowest BCUT2D eigenvalue weighted by atomic mass is 10.1. The van der Waals surface area contributed by atoms with Crippen LogP contribution in [0.2, 0.25) is 5.02 Å². The highest BCUT2D eigenvalue weighted by molar-refractivity contribution is 7.12. The molecule has 0 atom stereocenters. The summed E-state index contributed by atoms with van der Waals surface area (Å²) in [5, 5.41) is 4.96. The standard InChI is InChI=1S/C22H21ClN2O3S/c1-15-5-3-6-17(13-15)28-11-10-25(2)22(27)16-8-9-18(23)19(14-16)24-21(26)20-7-4-12-29-20/h3-9,12-14H,10-11H2,1-2H3,(H,24,26). The Hall–Kier alpha value is -2.83. The number of carbonyl (C=O) groups is 2. The molecular formula is C22H21ClN2O3S. The van der Waals surface area contributed by atoms with Crippen LogP contribution in [0.15, 0.2) is 60.0 Å². The Bertz CT molecular complexity index is 1010. The quantitative estimate of drug-likeness (QED) is 0.568. The van der Waals surface area contributed by atoms with Gasteiger partial charge in [0.25, 0.3) is 11.8 Å². The number of amides is 2. The first-order valence-electron chi connectivity index (χ1n) is 9.03. The zero-order chi connectivity index (χ0) is 20.8. The Kier molecular flexibility index (Phi) is 6.90. The van der Waals surface area contributed by atoms with Gasteiger partial charge in [0.1, 0.15) is 12.4 Å². The summed E-state index contributed by atoms with van der Waals surface area (Å²) in [6, 6.07) is 16.1. The number of nitrogens with zero attached hydrogens (tertiary/aromatic N) is 1. The zero-order valence-corrected chi connectivity index (χ0v) is 17.7. The van der Waals surface area contributed by atoms with E-state index in [9.17, 15) is 9.59 Å². The van der Waals surface area contributed by atoms with Crippen molar-refractivity contribution in [2.45, 2.75) is 6.92 Å². The largest absolute Gasteiger partial charge is 0.492 e. The molecule has 2 aromatic carbocycles. The third kappa shape index (κ3) is 5.59. The van der Waals surface area contributed by atoms with E-state index in [1.54, 1.807) is 42.3 Å². The first-order valence-corrected chi connectivity index (χ1v) is 10.3. The van der Waals surface area contributed by atoms with Crippen molar-refractivity contribution < 1.29 is 14.3 Å². The zero-order valence-electron chi connectivity index (χ0n) is 16.1. The number of benzene rings is 2. The molecule has 5 nitrogen and oxygen atoms in total. The molecule has 7 heteroatoms. The second-order valence-electron chi connectivity index (χ2n) is 6.52. The van der Waals surface area contributed by atoms with E-state index in [0.717, 1.165) is 11.3 Å². The van der Waals surface area contributed by atoms with Gasteiger partial charge in [-0.05, 0) is 54.3 Å². The number of hydrogen-bond acceptors (Lipinski definition) is 4. The molecule has 3 aromatic rings. The summed E-state index contributed by atoms with van der Waals surface area (Å²) in [5.41, 5.74) is 1.96. The third-order valence-corrected chi connectivity index (χ3v) is 5.44. The maximum atomic E-state index is 12.7. The van der Waals surface area contributed by atoms with Crippen LogP contribution in [0.25, 0.3) is 0 Å². The van der Waals surface area contributed by atoms with Gasteiger partial charge in [0.2, 0.25) is 0 Å². The summed E-state index contributed by atoms with van der Waals surface area (Å²) in [6.07, 6.45) is 0. The van der Waals surface area contributed by atoms with Crippen LogP contribution in [-0.2, 0) is 0 Å². The number of anilines is 1. The predicted octanol–water partition coefficient (Wildman–Crippen LogP) is 5.11. The van der Waals surface area contributed by atoms with Crippen molar-refractivity contribution in [2.75, 3.05) is 25.5 Å². The van der Waals surface area contributed by atoms with Gasteiger partial charge >= 0.3 is 0 Å². The van der Waals surface area contributed by atoms with Crippen molar-refractivity contribution in [3.05, 3.63) is 81.0 Å². The number of halogens is 1. The van der Waals surface area contributed by atoms with E-state index in [-0.39, 0.29) is 11.8 Å². The number of thiophene rings is 1. The van der Waals surface area contributed by atoms with Gasteiger partial charge in [0.15, 0.2) is 0 Å². The molecule has 1 N–H and O–H groups in total. The molecule has 1 aromatic heterocycles. The number of rotatable bonds is 7. The molecule has 0 radical (unpaired) electrons. The van der Waals surface area contributed by atoms with Crippen LogP contribution in [0, 0.1) is 6.92 Å². The Balaban J connectivity index is 1.61. The maximum Gasteiger partial charge on any atom is 0.265 e. The molecule has 3 rings (SSSR count). The summed E-state index contributed by atoms with van der Waals surface area (Å²) in [4.78, 5) is 27.2. The highest BCUT2D eigenvalue weighted by atomic mass is 35.5. The fourth-order valence-corrected chi connectivity index (χ4v) is 3.46. The van der Waals surface area contributed by atoms with Gasteiger partial charge in [0.05, 0.1) is 22.1 Å². The fourth-order valence-electron chi connectivity index (χ4n) is 2.67. The minimum atomic E-state index is -0.258. The molecule has 29 heavy (non-hydrogen) atoms. The average Bonchev–Trinajstić information content (AvgIpc) is 3.24. The second-order valence-corrected chi connectivity index (χ2v) is 7.87. The Labute approximate surface area is 178 Å². The number of carbonyl (C=O) groups excluding carboxylic acids is 2. The maximum absolute atomic E-state index is 12.7. The first-order chi connectivity index (χ1) is 13.9. The molecule has 0 saturated carbocycles. The van der Waals surface area contributed by atoms with Crippen molar-refractivity contribution in [3.8, 4) is 5.75 Å². The topological polar surface area (TPSA) is 58.6 Å². The minimum Gasteiger partial charge on any atom is -0.492 e. The Morgan fingerprint density at radius 3 is 2.69 bits per heavy atom. The smallest absolute Gasteiger partial charge is 0.265 e. The van der Waals surface area contributed by atoms with Gasteiger partial charge in [-0.15, -0.1) is 11.3 Å². The monoisotopic (exact) mass is 428 g/mol. The van der Waals surface area contributed by atoms with Crippen LogP contribution < -0.4 is 10.1 Å². The summed E-state index contributed by atoms with van der Waals surface area (Å²) in [6.45, 7) is 2.80. The van der Waals surface area contributed by atoms with Gasteiger partial charge in [-0.3, -0.25) is 9.59 Å². The van der Waals surface area contributed by atoms with Gasteiger partial charge in [-0.2, -0.15) is 0 Å². The van der Waals surface area contributed by atoms with Crippen molar-refractivity contribution in [3.63, 3.8) is 0 Å². The summed E-state index contributed by atoms with van der Waals surface area (Å²) in [5.74, 6) is 0.337. The Morgan fingerprint density at radius 2 is 1.97 bits per heavy atom. The molecule has 0 unspecified atom stereocenters. The molecule has 0 aliphatic heterocycles. The number of ether oxygens (including phenoxy) is 1. The van der Waals surface area contributed by atoms with Gasteiger partial charge < -0.3 is 15.0 Å². The lowest BCUT2D eigenvalue weighted by Crippen LogP contribution is -2.31. The molecule has 0 aliphatic rings. The van der Waals surface area contributed by atoms with Crippen molar-refractivity contribution in [2.24, 2.45) is 0 Å². The van der Waals surface area contributed by atoms with Gasteiger partial charge in [-0.25, -0.2) is 0 Å². The molecule has 0 saturated heterocycles. The van der Waals surface area contributed by atoms with Crippen LogP contribution in [0.5, 0.6) is 5.75 Å². The van der Waals surface area contributed by atoms with Crippen LogP contribution in [-0.4, -0.2) is 36.9 Å². The van der Waals surface area contributed by atoms with Crippen molar-refractivity contribution in [1.29, 1.82) is 0 Å². The molecule has 150 valence electrons. The van der Waals surface area contributed by atoms with Crippen molar-refractivity contribution >= 4 is 40.4 Å². The molecule has 0 fully saturated rings. The normalized spacial score (nSPS) is 10.4. The lowest BCUT2D eigenvalue weighted by molar-refractivity contribution is 0.0773. The molecule has 0 bridgehead atoms. The number of hydrogen-bond donors (Lipinski definition) is 1.